The SMILES string of the molecule is CC(C)n1cc(NC(=O)NC2COCC2(C)C(=O)O)cn1. The topological polar surface area (TPSA) is 105 Å². The number of carboxylic acid groups (broad SMARTS) is 1. The Morgan fingerprint density at radius 3 is 2.86 bits per heavy atom. The zero-order chi connectivity index (χ0) is 15.6. The van der Waals surface area contributed by atoms with Gasteiger partial charge in [-0.3, -0.25) is 9.48 Å². The number of anilines is 1. The lowest BCUT2D eigenvalue weighted by Gasteiger charge is -2.25. The van der Waals surface area contributed by atoms with Crippen LogP contribution in [0.2, 0.25) is 0 Å². The van der Waals surface area contributed by atoms with Gasteiger partial charge in [0.25, 0.3) is 0 Å². The van der Waals surface area contributed by atoms with E-state index in [2.05, 4.69) is 15.7 Å². The van der Waals surface area contributed by atoms with Crippen molar-refractivity contribution in [2.24, 2.45) is 5.41 Å². The zero-order valence-electron chi connectivity index (χ0n) is 12.3. The number of ether oxygens (including phenoxy) is 1. The molecule has 1 saturated heterocycles. The highest BCUT2D eigenvalue weighted by molar-refractivity contribution is 5.90. The first-order chi connectivity index (χ1) is 9.83. The summed E-state index contributed by atoms with van der Waals surface area (Å²) in [6, 6.07) is -0.849. The summed E-state index contributed by atoms with van der Waals surface area (Å²) in [6.07, 6.45) is 3.26. The fourth-order valence-electron chi connectivity index (χ4n) is 2.10. The number of carbonyl (C=O) groups is 2. The predicted octanol–water partition coefficient (Wildman–Crippen LogP) is 1.08. The van der Waals surface area contributed by atoms with Crippen molar-refractivity contribution in [1.29, 1.82) is 0 Å². The third-order valence-electron chi connectivity index (χ3n) is 3.64. The molecule has 0 saturated carbocycles. The van der Waals surface area contributed by atoms with E-state index in [-0.39, 0.29) is 19.3 Å². The second-order valence-electron chi connectivity index (χ2n) is 5.69. The van der Waals surface area contributed by atoms with E-state index in [1.165, 1.54) is 0 Å². The Morgan fingerprint density at radius 1 is 1.57 bits per heavy atom. The van der Waals surface area contributed by atoms with Crippen molar-refractivity contribution in [3.8, 4) is 0 Å². The molecule has 3 N–H and O–H groups in total. The van der Waals surface area contributed by atoms with E-state index in [4.69, 9.17) is 4.74 Å². The maximum atomic E-state index is 12.0. The van der Waals surface area contributed by atoms with Crippen LogP contribution >= 0.6 is 0 Å². The molecule has 0 radical (unpaired) electrons. The van der Waals surface area contributed by atoms with E-state index in [0.717, 1.165) is 0 Å². The molecule has 1 aliphatic rings. The molecule has 0 bridgehead atoms. The number of hydrogen-bond donors (Lipinski definition) is 3. The van der Waals surface area contributed by atoms with Crippen molar-refractivity contribution >= 4 is 17.7 Å². The van der Waals surface area contributed by atoms with Crippen LogP contribution in [0.3, 0.4) is 0 Å². The van der Waals surface area contributed by atoms with Crippen molar-refractivity contribution in [3.05, 3.63) is 12.4 Å². The second-order valence-corrected chi connectivity index (χ2v) is 5.69. The number of carboxylic acids is 1. The minimum absolute atomic E-state index is 0.0819. The molecule has 0 spiro atoms. The Balaban J connectivity index is 1.96. The normalized spacial score (nSPS) is 25.0. The third-order valence-corrected chi connectivity index (χ3v) is 3.64. The molecule has 116 valence electrons. The van der Waals surface area contributed by atoms with Gasteiger partial charge in [-0.25, -0.2) is 4.79 Å². The van der Waals surface area contributed by atoms with Gasteiger partial charge < -0.3 is 20.5 Å². The van der Waals surface area contributed by atoms with Gasteiger partial charge in [-0.2, -0.15) is 5.10 Å². The molecule has 8 nitrogen and oxygen atoms in total. The molecule has 8 heteroatoms. The molecule has 1 fully saturated rings. The van der Waals surface area contributed by atoms with Crippen LogP contribution in [-0.4, -0.2) is 46.1 Å². The Bertz CT molecular complexity index is 542. The highest BCUT2D eigenvalue weighted by atomic mass is 16.5. The minimum atomic E-state index is -1.11. The molecule has 1 aromatic heterocycles. The van der Waals surface area contributed by atoms with Crippen LogP contribution in [0.15, 0.2) is 12.4 Å². The Morgan fingerprint density at radius 2 is 2.29 bits per heavy atom. The van der Waals surface area contributed by atoms with Gasteiger partial charge in [-0.1, -0.05) is 0 Å². The summed E-state index contributed by atoms with van der Waals surface area (Å²) in [4.78, 5) is 23.2. The molecular formula is C13H20N4O4. The molecule has 2 atom stereocenters. The van der Waals surface area contributed by atoms with E-state index in [1.807, 2.05) is 13.8 Å². The zero-order valence-corrected chi connectivity index (χ0v) is 12.3. The third kappa shape index (κ3) is 3.15. The molecule has 2 unspecified atom stereocenters. The highest BCUT2D eigenvalue weighted by Crippen LogP contribution is 2.28. The van der Waals surface area contributed by atoms with Gasteiger partial charge in [0, 0.05) is 12.2 Å². The van der Waals surface area contributed by atoms with Crippen LogP contribution in [0.5, 0.6) is 0 Å². The smallest absolute Gasteiger partial charge is 0.319 e. The molecule has 21 heavy (non-hydrogen) atoms. The van der Waals surface area contributed by atoms with E-state index in [9.17, 15) is 14.7 Å². The van der Waals surface area contributed by atoms with Crippen molar-refractivity contribution in [1.82, 2.24) is 15.1 Å². The summed E-state index contributed by atoms with van der Waals surface area (Å²) < 4.78 is 6.90. The quantitative estimate of drug-likeness (QED) is 0.771. The number of amides is 2. The first kappa shape index (κ1) is 15.3. The van der Waals surface area contributed by atoms with Gasteiger partial charge in [0.05, 0.1) is 31.1 Å². The van der Waals surface area contributed by atoms with Gasteiger partial charge in [0.1, 0.15) is 5.41 Å². The maximum absolute atomic E-state index is 12.0. The van der Waals surface area contributed by atoms with E-state index in [0.29, 0.717) is 5.69 Å². The van der Waals surface area contributed by atoms with Crippen LogP contribution < -0.4 is 10.6 Å². The van der Waals surface area contributed by atoms with Crippen LogP contribution in [0, 0.1) is 5.41 Å². The molecule has 0 aromatic carbocycles. The lowest BCUT2D eigenvalue weighted by molar-refractivity contribution is -0.148. The fraction of sp³-hybridized carbons (Fsp3) is 0.615. The predicted molar refractivity (Wildman–Crippen MR) is 75.1 cm³/mol. The van der Waals surface area contributed by atoms with E-state index < -0.39 is 23.5 Å². The van der Waals surface area contributed by atoms with Crippen LogP contribution in [0.4, 0.5) is 10.5 Å². The van der Waals surface area contributed by atoms with Crippen LogP contribution in [0.25, 0.3) is 0 Å². The standard InChI is InChI=1S/C13H20N4O4/c1-8(2)17-5-9(4-14-17)15-12(20)16-10-6-21-7-13(10,3)11(18)19/h4-5,8,10H,6-7H2,1-3H3,(H,18,19)(H2,15,16,20). The van der Waals surface area contributed by atoms with Gasteiger partial charge >= 0.3 is 12.0 Å². The number of aliphatic carboxylic acids is 1. The average Bonchev–Trinajstić information content (AvgIpc) is 2.98. The monoisotopic (exact) mass is 296 g/mol. The largest absolute Gasteiger partial charge is 0.481 e. The van der Waals surface area contributed by atoms with Crippen molar-refractivity contribution in [2.45, 2.75) is 32.9 Å². The number of hydrogen-bond acceptors (Lipinski definition) is 4. The van der Waals surface area contributed by atoms with Crippen LogP contribution in [0.1, 0.15) is 26.8 Å². The summed E-state index contributed by atoms with van der Waals surface area (Å²) in [5, 5.41) is 18.6. The fourth-order valence-corrected chi connectivity index (χ4v) is 2.10. The number of nitrogens with one attached hydrogen (secondary N) is 2. The summed E-state index contributed by atoms with van der Waals surface area (Å²) in [6.45, 7) is 5.78. The number of rotatable bonds is 4. The number of aromatic nitrogens is 2. The van der Waals surface area contributed by atoms with Crippen LogP contribution in [-0.2, 0) is 9.53 Å². The first-order valence-corrected chi connectivity index (χ1v) is 6.76. The highest BCUT2D eigenvalue weighted by Gasteiger charge is 2.47. The Labute approximate surface area is 122 Å². The number of urea groups is 1. The van der Waals surface area contributed by atoms with Crippen molar-refractivity contribution < 1.29 is 19.4 Å². The van der Waals surface area contributed by atoms with Gasteiger partial charge in [-0.15, -0.1) is 0 Å². The Kier molecular flexibility index (Phi) is 4.17. The molecule has 2 rings (SSSR count). The van der Waals surface area contributed by atoms with Crippen molar-refractivity contribution in [3.63, 3.8) is 0 Å². The maximum Gasteiger partial charge on any atom is 0.319 e. The summed E-state index contributed by atoms with van der Waals surface area (Å²) in [5.74, 6) is -0.988. The summed E-state index contributed by atoms with van der Waals surface area (Å²) >= 11 is 0. The van der Waals surface area contributed by atoms with Gasteiger partial charge in [0.2, 0.25) is 0 Å². The Hall–Kier alpha value is -2.09. The van der Waals surface area contributed by atoms with Crippen molar-refractivity contribution in [2.75, 3.05) is 18.5 Å². The molecular weight excluding hydrogens is 276 g/mol. The molecule has 0 aliphatic carbocycles. The minimum Gasteiger partial charge on any atom is -0.481 e. The number of carbonyl (C=O) groups excluding carboxylic acids is 1. The molecule has 2 amide bonds. The summed E-state index contributed by atoms with van der Waals surface area (Å²) in [7, 11) is 0. The second kappa shape index (κ2) is 5.72. The summed E-state index contributed by atoms with van der Waals surface area (Å²) in [5.41, 5.74) is -0.559. The van der Waals surface area contributed by atoms with E-state index in [1.54, 1.807) is 24.0 Å². The lowest BCUT2D eigenvalue weighted by atomic mass is 9.85. The molecule has 2 heterocycles. The van der Waals surface area contributed by atoms with Gasteiger partial charge in [0.15, 0.2) is 0 Å². The molecule has 1 aromatic rings. The molecule has 1 aliphatic heterocycles. The lowest BCUT2D eigenvalue weighted by Crippen LogP contribution is -2.50. The van der Waals surface area contributed by atoms with E-state index >= 15 is 0 Å². The number of nitrogens with zero attached hydrogens (tertiary/aromatic N) is 2. The van der Waals surface area contributed by atoms with Gasteiger partial charge in [-0.05, 0) is 20.8 Å². The first-order valence-electron chi connectivity index (χ1n) is 6.76. The average molecular weight is 296 g/mol.